The van der Waals surface area contributed by atoms with Crippen LogP contribution >= 0.6 is 0 Å². The van der Waals surface area contributed by atoms with Gasteiger partial charge in [0.1, 0.15) is 11.6 Å². The molecule has 2 unspecified atom stereocenters. The van der Waals surface area contributed by atoms with Gasteiger partial charge in [-0.3, -0.25) is 4.79 Å². The minimum Gasteiger partial charge on any atom is -0.389 e. The van der Waals surface area contributed by atoms with Gasteiger partial charge in [0.25, 0.3) is 0 Å². The lowest BCUT2D eigenvalue weighted by molar-refractivity contribution is -0.132. The number of aliphatic hydroxyl groups is 2. The summed E-state index contributed by atoms with van der Waals surface area (Å²) in [6.45, 7) is 1.83. The maximum Gasteiger partial charge on any atom is 0.229 e. The lowest BCUT2D eigenvalue weighted by Gasteiger charge is -2.23. The average Bonchev–Trinajstić information content (AvgIpc) is 3.29. The lowest BCUT2D eigenvalue weighted by Crippen LogP contribution is -2.41. The van der Waals surface area contributed by atoms with Crippen LogP contribution in [-0.4, -0.2) is 54.9 Å². The van der Waals surface area contributed by atoms with Crippen LogP contribution in [0.15, 0.2) is 36.7 Å². The third-order valence-corrected chi connectivity index (χ3v) is 6.33. The topological polar surface area (TPSA) is 113 Å². The molecule has 0 saturated heterocycles. The van der Waals surface area contributed by atoms with Gasteiger partial charge in [-0.1, -0.05) is 24.1 Å². The fourth-order valence-electron chi connectivity index (χ4n) is 4.77. The standard InChI is InChI=1S/C22H21N5O3/c1-12-16-20(26-15(25-12)9-8-13-6-4-3-5-7-13)27(11-24-16)17-14-10-22(14,21(30)23-2)19(29)18(17)28/h3-7,11,14,17-19,28-29H,10H2,1-2H3,(H,23,30)/t14?,17-,18+,19?,22-/m1/s1. The van der Waals surface area contributed by atoms with E-state index in [2.05, 4.69) is 32.1 Å². The quantitative estimate of drug-likeness (QED) is 0.539. The molecule has 152 valence electrons. The third kappa shape index (κ3) is 2.56. The fourth-order valence-corrected chi connectivity index (χ4v) is 4.77. The monoisotopic (exact) mass is 403 g/mol. The molecule has 0 bridgehead atoms. The molecular formula is C22H21N5O3. The van der Waals surface area contributed by atoms with Crippen molar-refractivity contribution in [1.82, 2.24) is 24.8 Å². The maximum atomic E-state index is 12.4. The van der Waals surface area contributed by atoms with E-state index in [0.717, 1.165) is 5.56 Å². The van der Waals surface area contributed by atoms with Crippen molar-refractivity contribution in [2.24, 2.45) is 11.3 Å². The molecule has 2 heterocycles. The Morgan fingerprint density at radius 3 is 2.73 bits per heavy atom. The summed E-state index contributed by atoms with van der Waals surface area (Å²) in [6.07, 6.45) is -0.114. The molecule has 1 aromatic carbocycles. The molecule has 2 saturated carbocycles. The van der Waals surface area contributed by atoms with E-state index in [1.807, 2.05) is 37.3 Å². The highest BCUT2D eigenvalue weighted by atomic mass is 16.3. The fraction of sp³-hybridized carbons (Fsp3) is 0.364. The molecule has 2 fully saturated rings. The Kier molecular flexibility index (Phi) is 4.13. The summed E-state index contributed by atoms with van der Waals surface area (Å²) in [5.74, 6) is 5.96. The number of aromatic nitrogens is 4. The second kappa shape index (κ2) is 6.62. The number of aliphatic hydroxyl groups excluding tert-OH is 2. The summed E-state index contributed by atoms with van der Waals surface area (Å²) in [5, 5.41) is 24.0. The predicted molar refractivity (Wildman–Crippen MR) is 108 cm³/mol. The smallest absolute Gasteiger partial charge is 0.229 e. The van der Waals surface area contributed by atoms with Crippen molar-refractivity contribution >= 4 is 17.1 Å². The first-order chi connectivity index (χ1) is 14.5. The van der Waals surface area contributed by atoms with Gasteiger partial charge < -0.3 is 20.1 Å². The van der Waals surface area contributed by atoms with Crippen LogP contribution in [0.25, 0.3) is 11.2 Å². The number of hydrogen-bond acceptors (Lipinski definition) is 6. The van der Waals surface area contributed by atoms with Crippen molar-refractivity contribution in [2.75, 3.05) is 7.05 Å². The van der Waals surface area contributed by atoms with Gasteiger partial charge in [0.15, 0.2) is 5.65 Å². The average molecular weight is 403 g/mol. The van der Waals surface area contributed by atoms with Crippen molar-refractivity contribution in [2.45, 2.75) is 31.6 Å². The van der Waals surface area contributed by atoms with Gasteiger partial charge in [-0.15, -0.1) is 0 Å². The first kappa shape index (κ1) is 18.7. The van der Waals surface area contributed by atoms with Gasteiger partial charge >= 0.3 is 0 Å². The number of amides is 1. The summed E-state index contributed by atoms with van der Waals surface area (Å²) in [5.41, 5.74) is 1.73. The number of rotatable bonds is 2. The van der Waals surface area contributed by atoms with Crippen LogP contribution in [0.1, 0.15) is 29.5 Å². The Balaban J connectivity index is 1.56. The number of fused-ring (bicyclic) bond motifs is 2. The summed E-state index contributed by atoms with van der Waals surface area (Å²) < 4.78 is 1.76. The third-order valence-electron chi connectivity index (χ3n) is 6.33. The SMILES string of the molecule is CNC(=O)[C@]12CC1[C@@H](n1cnc3c(C)nc(C#Cc4ccccc4)nc31)[C@H](O)C2O. The summed E-state index contributed by atoms with van der Waals surface area (Å²) in [7, 11) is 1.54. The molecule has 30 heavy (non-hydrogen) atoms. The van der Waals surface area contributed by atoms with Gasteiger partial charge in [0, 0.05) is 18.5 Å². The first-order valence-electron chi connectivity index (χ1n) is 9.84. The molecular weight excluding hydrogens is 382 g/mol. The molecule has 8 nitrogen and oxygen atoms in total. The number of imidazole rings is 1. The number of nitrogens with one attached hydrogen (secondary N) is 1. The van der Waals surface area contributed by atoms with Gasteiger partial charge in [-0.2, -0.15) is 0 Å². The van der Waals surface area contributed by atoms with E-state index < -0.39 is 23.7 Å². The van der Waals surface area contributed by atoms with Gasteiger partial charge in [-0.25, -0.2) is 15.0 Å². The highest BCUT2D eigenvalue weighted by Gasteiger charge is 2.75. The van der Waals surface area contributed by atoms with Crippen LogP contribution in [0.5, 0.6) is 0 Å². The number of benzene rings is 1. The van der Waals surface area contributed by atoms with Crippen molar-refractivity contribution < 1.29 is 15.0 Å². The van der Waals surface area contributed by atoms with Crippen LogP contribution in [0.4, 0.5) is 0 Å². The van der Waals surface area contributed by atoms with Gasteiger partial charge in [0.2, 0.25) is 11.7 Å². The lowest BCUT2D eigenvalue weighted by atomic mass is 9.98. The zero-order valence-corrected chi connectivity index (χ0v) is 16.6. The van der Waals surface area contributed by atoms with Crippen molar-refractivity contribution in [3.05, 3.63) is 53.7 Å². The second-order valence-corrected chi connectivity index (χ2v) is 7.93. The van der Waals surface area contributed by atoms with Crippen molar-refractivity contribution in [1.29, 1.82) is 0 Å². The molecule has 3 aromatic rings. The Morgan fingerprint density at radius 2 is 2.00 bits per heavy atom. The summed E-state index contributed by atoms with van der Waals surface area (Å²) in [6, 6.07) is 9.07. The minimum atomic E-state index is -1.13. The predicted octanol–water partition coefficient (Wildman–Crippen LogP) is 0.563. The summed E-state index contributed by atoms with van der Waals surface area (Å²) in [4.78, 5) is 25.8. The molecule has 5 rings (SSSR count). The van der Waals surface area contributed by atoms with Crippen LogP contribution in [0, 0.1) is 30.1 Å². The van der Waals surface area contributed by atoms with E-state index in [1.54, 1.807) is 17.9 Å². The number of nitrogens with zero attached hydrogens (tertiary/aromatic N) is 4. The zero-order valence-electron chi connectivity index (χ0n) is 16.6. The molecule has 1 amide bonds. The Labute approximate surface area is 173 Å². The molecule has 2 aromatic heterocycles. The molecule has 0 aliphatic heterocycles. The van der Waals surface area contributed by atoms with Crippen LogP contribution in [0.3, 0.4) is 0 Å². The minimum absolute atomic E-state index is 0.186. The van der Waals surface area contributed by atoms with E-state index in [1.165, 1.54) is 0 Å². The molecule has 8 heteroatoms. The Hall–Kier alpha value is -3.28. The highest BCUT2D eigenvalue weighted by molar-refractivity contribution is 5.87. The van der Waals surface area contributed by atoms with E-state index in [-0.39, 0.29) is 11.8 Å². The molecule has 3 N–H and O–H groups in total. The van der Waals surface area contributed by atoms with E-state index in [4.69, 9.17) is 0 Å². The number of hydrogen-bond donors (Lipinski definition) is 3. The number of carbonyl (C=O) groups excluding carboxylic acids is 1. The maximum absolute atomic E-state index is 12.4. The zero-order chi connectivity index (χ0) is 21.0. The van der Waals surface area contributed by atoms with Gasteiger partial charge in [0.05, 0.1) is 29.6 Å². The Bertz CT molecular complexity index is 1210. The molecule has 5 atom stereocenters. The molecule has 0 radical (unpaired) electrons. The second-order valence-electron chi connectivity index (χ2n) is 7.93. The normalized spacial score (nSPS) is 29.2. The van der Waals surface area contributed by atoms with Crippen molar-refractivity contribution in [3.8, 4) is 11.8 Å². The highest BCUT2D eigenvalue weighted by Crippen LogP contribution is 2.67. The molecule has 0 spiro atoms. The molecule has 2 aliphatic carbocycles. The number of aryl methyl sites for hydroxylation is 1. The van der Waals surface area contributed by atoms with Gasteiger partial charge in [-0.05, 0) is 31.4 Å². The van der Waals surface area contributed by atoms with E-state index >= 15 is 0 Å². The van der Waals surface area contributed by atoms with Crippen molar-refractivity contribution in [3.63, 3.8) is 0 Å². The van der Waals surface area contributed by atoms with E-state index in [0.29, 0.717) is 29.1 Å². The molecule has 2 aliphatic rings. The van der Waals surface area contributed by atoms with E-state index in [9.17, 15) is 15.0 Å². The van der Waals surface area contributed by atoms with Crippen LogP contribution in [0.2, 0.25) is 0 Å². The summed E-state index contributed by atoms with van der Waals surface area (Å²) >= 11 is 0. The largest absolute Gasteiger partial charge is 0.389 e. The number of carbonyl (C=O) groups is 1. The van der Waals surface area contributed by atoms with Crippen LogP contribution < -0.4 is 5.32 Å². The van der Waals surface area contributed by atoms with Crippen LogP contribution in [-0.2, 0) is 4.79 Å². The first-order valence-corrected chi connectivity index (χ1v) is 9.84. The Morgan fingerprint density at radius 1 is 1.23 bits per heavy atom.